The fourth-order valence-corrected chi connectivity index (χ4v) is 2.97. The van der Waals surface area contributed by atoms with Crippen LogP contribution in [0.3, 0.4) is 0 Å². The zero-order valence-electron chi connectivity index (χ0n) is 15.8. The van der Waals surface area contributed by atoms with E-state index in [1.54, 1.807) is 24.3 Å². The van der Waals surface area contributed by atoms with E-state index in [0.29, 0.717) is 16.9 Å². The molecule has 5 nitrogen and oxygen atoms in total. The van der Waals surface area contributed by atoms with E-state index < -0.39 is 17.6 Å². The van der Waals surface area contributed by atoms with Gasteiger partial charge in [-0.1, -0.05) is 11.3 Å². The molecule has 0 bridgehead atoms. The molecule has 9 heteroatoms. The summed E-state index contributed by atoms with van der Waals surface area (Å²) in [6.45, 7) is 0. The number of aromatic nitrogens is 3. The minimum atomic E-state index is -4.50. The van der Waals surface area contributed by atoms with E-state index in [0.717, 1.165) is 12.1 Å². The molecule has 0 spiro atoms. The summed E-state index contributed by atoms with van der Waals surface area (Å²) in [5, 5.41) is 10.4. The first-order valence-electron chi connectivity index (χ1n) is 9.07. The van der Waals surface area contributed by atoms with Crippen molar-refractivity contribution < 1.29 is 22.4 Å². The molecule has 0 aliphatic carbocycles. The van der Waals surface area contributed by atoms with E-state index in [2.05, 4.69) is 15.6 Å². The first kappa shape index (κ1) is 20.3. The zero-order chi connectivity index (χ0) is 22.0. The molecule has 1 amide bonds. The number of anilines is 1. The maximum atomic E-state index is 13.2. The average molecular weight is 426 g/mol. The molecule has 0 unspecified atom stereocenters. The summed E-state index contributed by atoms with van der Waals surface area (Å²) < 4.78 is 53.2. The van der Waals surface area contributed by atoms with Gasteiger partial charge in [0.1, 0.15) is 5.82 Å². The van der Waals surface area contributed by atoms with Gasteiger partial charge < -0.3 is 5.32 Å². The molecule has 1 heterocycles. The number of alkyl halides is 3. The van der Waals surface area contributed by atoms with Gasteiger partial charge in [-0.15, -0.1) is 5.10 Å². The molecular formula is C22H14F4N4O. The van der Waals surface area contributed by atoms with Gasteiger partial charge >= 0.3 is 6.18 Å². The molecule has 31 heavy (non-hydrogen) atoms. The number of benzene rings is 3. The van der Waals surface area contributed by atoms with Crippen LogP contribution in [0, 0.1) is 5.82 Å². The van der Waals surface area contributed by atoms with Crippen molar-refractivity contribution in [3.8, 4) is 16.9 Å². The number of nitrogens with zero attached hydrogens (tertiary/aromatic N) is 3. The second kappa shape index (κ2) is 8.02. The van der Waals surface area contributed by atoms with Crippen molar-refractivity contribution >= 4 is 11.6 Å². The van der Waals surface area contributed by atoms with Crippen LogP contribution >= 0.6 is 0 Å². The van der Waals surface area contributed by atoms with E-state index in [1.807, 2.05) is 0 Å². The Morgan fingerprint density at radius 3 is 2.32 bits per heavy atom. The van der Waals surface area contributed by atoms with Crippen LogP contribution in [0.1, 0.15) is 15.9 Å². The van der Waals surface area contributed by atoms with Crippen molar-refractivity contribution in [3.63, 3.8) is 0 Å². The Balaban J connectivity index is 1.54. The summed E-state index contributed by atoms with van der Waals surface area (Å²) in [4.78, 5) is 12.4. The summed E-state index contributed by atoms with van der Waals surface area (Å²) in [5.41, 5.74) is 1.38. The highest BCUT2D eigenvalue weighted by Crippen LogP contribution is 2.30. The number of amides is 1. The van der Waals surface area contributed by atoms with Crippen LogP contribution in [0.15, 0.2) is 79.0 Å². The lowest BCUT2D eigenvalue weighted by molar-refractivity contribution is -0.137. The first-order chi connectivity index (χ1) is 14.8. The van der Waals surface area contributed by atoms with Crippen LogP contribution in [0.5, 0.6) is 0 Å². The number of carbonyl (C=O) groups is 1. The standard InChI is InChI=1S/C22H14F4N4O/c23-17-8-4-14(5-9-17)20-13-27-29-30(20)19-10-6-15(7-11-19)21(31)28-18-3-1-2-16(12-18)22(24,25)26/h1-13H,(H,28,31). The van der Waals surface area contributed by atoms with Gasteiger partial charge in [-0.05, 0) is 66.7 Å². The first-order valence-corrected chi connectivity index (χ1v) is 9.07. The van der Waals surface area contributed by atoms with Crippen LogP contribution in [-0.2, 0) is 6.18 Å². The van der Waals surface area contributed by atoms with E-state index in [1.165, 1.54) is 47.3 Å². The SMILES string of the molecule is O=C(Nc1cccc(C(F)(F)F)c1)c1ccc(-n2nncc2-c2ccc(F)cc2)cc1. The van der Waals surface area contributed by atoms with Gasteiger partial charge in [-0.25, -0.2) is 9.07 Å². The van der Waals surface area contributed by atoms with E-state index >= 15 is 0 Å². The molecule has 4 rings (SSSR count). The predicted molar refractivity (Wildman–Crippen MR) is 106 cm³/mol. The highest BCUT2D eigenvalue weighted by molar-refractivity contribution is 6.04. The van der Waals surface area contributed by atoms with Crippen molar-refractivity contribution in [3.05, 3.63) is 95.9 Å². The number of carbonyl (C=O) groups excluding carboxylic acids is 1. The van der Waals surface area contributed by atoms with Crippen molar-refractivity contribution in [2.45, 2.75) is 6.18 Å². The van der Waals surface area contributed by atoms with Gasteiger partial charge in [0.05, 0.1) is 23.1 Å². The number of halogens is 4. The molecular weight excluding hydrogens is 412 g/mol. The van der Waals surface area contributed by atoms with Crippen LogP contribution < -0.4 is 5.32 Å². The molecule has 0 radical (unpaired) electrons. The third-order valence-corrected chi connectivity index (χ3v) is 4.51. The highest BCUT2D eigenvalue weighted by Gasteiger charge is 2.30. The topological polar surface area (TPSA) is 59.8 Å². The number of nitrogens with one attached hydrogen (secondary N) is 1. The van der Waals surface area contributed by atoms with Gasteiger partial charge in [-0.2, -0.15) is 13.2 Å². The molecule has 156 valence electrons. The quantitative estimate of drug-likeness (QED) is 0.448. The van der Waals surface area contributed by atoms with Crippen molar-refractivity contribution in [1.82, 2.24) is 15.0 Å². The molecule has 1 aromatic heterocycles. The molecule has 3 aromatic carbocycles. The number of rotatable bonds is 4. The monoisotopic (exact) mass is 426 g/mol. The molecule has 4 aromatic rings. The lowest BCUT2D eigenvalue weighted by Crippen LogP contribution is -2.13. The van der Waals surface area contributed by atoms with Crippen molar-refractivity contribution in [1.29, 1.82) is 0 Å². The number of hydrogen-bond donors (Lipinski definition) is 1. The van der Waals surface area contributed by atoms with Crippen LogP contribution in [0.4, 0.5) is 23.2 Å². The fourth-order valence-electron chi connectivity index (χ4n) is 2.97. The Hall–Kier alpha value is -4.01. The maximum absolute atomic E-state index is 13.2. The minimum Gasteiger partial charge on any atom is -0.322 e. The van der Waals surface area contributed by atoms with Crippen molar-refractivity contribution in [2.24, 2.45) is 0 Å². The molecule has 0 saturated heterocycles. The van der Waals surface area contributed by atoms with Crippen LogP contribution in [0.2, 0.25) is 0 Å². The zero-order valence-corrected chi connectivity index (χ0v) is 15.8. The third kappa shape index (κ3) is 4.45. The van der Waals surface area contributed by atoms with E-state index in [9.17, 15) is 22.4 Å². The van der Waals surface area contributed by atoms with Crippen molar-refractivity contribution in [2.75, 3.05) is 5.32 Å². The second-order valence-electron chi connectivity index (χ2n) is 6.62. The predicted octanol–water partition coefficient (Wildman–Crippen LogP) is 5.34. The molecule has 0 atom stereocenters. The molecule has 0 saturated carbocycles. The third-order valence-electron chi connectivity index (χ3n) is 4.51. The van der Waals surface area contributed by atoms with Gasteiger partial charge in [-0.3, -0.25) is 4.79 Å². The molecule has 0 fully saturated rings. The highest BCUT2D eigenvalue weighted by atomic mass is 19.4. The summed E-state index contributed by atoms with van der Waals surface area (Å²) in [6.07, 6.45) is -2.97. The Bertz CT molecular complexity index is 1220. The van der Waals surface area contributed by atoms with Crippen LogP contribution in [-0.4, -0.2) is 20.9 Å². The van der Waals surface area contributed by atoms with Gasteiger partial charge in [0.25, 0.3) is 5.91 Å². The summed E-state index contributed by atoms with van der Waals surface area (Å²) >= 11 is 0. The van der Waals surface area contributed by atoms with Crippen LogP contribution in [0.25, 0.3) is 16.9 Å². The smallest absolute Gasteiger partial charge is 0.322 e. The summed E-state index contributed by atoms with van der Waals surface area (Å²) in [7, 11) is 0. The Morgan fingerprint density at radius 1 is 0.935 bits per heavy atom. The Labute approximate surface area is 174 Å². The fraction of sp³-hybridized carbons (Fsp3) is 0.0455. The molecule has 1 N–H and O–H groups in total. The Kier molecular flexibility index (Phi) is 5.24. The maximum Gasteiger partial charge on any atom is 0.416 e. The lowest BCUT2D eigenvalue weighted by Gasteiger charge is -2.10. The molecule has 0 aliphatic rings. The minimum absolute atomic E-state index is 0.0405. The molecule has 0 aliphatic heterocycles. The van der Waals surface area contributed by atoms with E-state index in [-0.39, 0.29) is 17.1 Å². The normalized spacial score (nSPS) is 11.4. The number of hydrogen-bond acceptors (Lipinski definition) is 3. The van der Waals surface area contributed by atoms with Gasteiger partial charge in [0, 0.05) is 16.8 Å². The van der Waals surface area contributed by atoms with Gasteiger partial charge in [0.2, 0.25) is 0 Å². The summed E-state index contributed by atoms with van der Waals surface area (Å²) in [6, 6.07) is 16.6. The second-order valence-corrected chi connectivity index (χ2v) is 6.62. The van der Waals surface area contributed by atoms with Gasteiger partial charge in [0.15, 0.2) is 0 Å². The average Bonchev–Trinajstić information content (AvgIpc) is 3.24. The Morgan fingerprint density at radius 2 is 1.65 bits per heavy atom. The lowest BCUT2D eigenvalue weighted by atomic mass is 10.1. The van der Waals surface area contributed by atoms with E-state index in [4.69, 9.17) is 0 Å². The summed E-state index contributed by atoms with van der Waals surface area (Å²) in [5.74, 6) is -0.915. The largest absolute Gasteiger partial charge is 0.416 e.